The Kier molecular flexibility index (Phi) is 3.75. The molecular weight excluding hydrogens is 274 g/mol. The molecule has 0 spiro atoms. The van der Waals surface area contributed by atoms with Crippen LogP contribution in [-0.2, 0) is 18.8 Å². The van der Waals surface area contributed by atoms with Gasteiger partial charge < -0.3 is 0 Å². The molecule has 0 radical (unpaired) electrons. The van der Waals surface area contributed by atoms with Gasteiger partial charge >= 0.3 is 12.4 Å². The topological polar surface area (TPSA) is 47.6 Å². The first kappa shape index (κ1) is 14.8. The maximum Gasteiger partial charge on any atom is 0.417 e. The lowest BCUT2D eigenvalue weighted by Gasteiger charge is -2.15. The number of nitrogens with zero attached hydrogens (tertiary/aromatic N) is 2. The van der Waals surface area contributed by atoms with Crippen molar-refractivity contribution in [3.63, 3.8) is 0 Å². The van der Waals surface area contributed by atoms with Crippen LogP contribution in [0.5, 0.6) is 0 Å². The van der Waals surface area contributed by atoms with Crippen molar-refractivity contribution in [1.82, 2.24) is 0 Å². The van der Waals surface area contributed by atoms with Gasteiger partial charge in [0.2, 0.25) is 0 Å². The molecule has 0 heterocycles. The summed E-state index contributed by atoms with van der Waals surface area (Å²) >= 11 is 0. The van der Waals surface area contributed by atoms with Gasteiger partial charge in [0.15, 0.2) is 0 Å². The highest BCUT2D eigenvalue weighted by Gasteiger charge is 2.39. The summed E-state index contributed by atoms with van der Waals surface area (Å²) < 4.78 is 75.6. The molecule has 0 unspecified atom stereocenters. The first-order valence-corrected chi connectivity index (χ1v) is 4.69. The Morgan fingerprint density at radius 1 is 0.895 bits per heavy atom. The quantitative estimate of drug-likeness (QED) is 0.736. The predicted octanol–water partition coefficient (Wildman–Crippen LogP) is 3.66. The van der Waals surface area contributed by atoms with Gasteiger partial charge in [-0.1, -0.05) is 0 Å². The van der Waals surface area contributed by atoms with E-state index in [1.54, 1.807) is 0 Å². The first-order valence-electron chi connectivity index (χ1n) is 4.69. The number of benzene rings is 1. The maximum absolute atomic E-state index is 12.6. The summed E-state index contributed by atoms with van der Waals surface area (Å²) in [6.07, 6.45) is -10.7. The highest BCUT2D eigenvalue weighted by Crippen LogP contribution is 2.38. The Balaban J connectivity index is 3.63. The third kappa shape index (κ3) is 3.16. The van der Waals surface area contributed by atoms with Crippen molar-refractivity contribution < 1.29 is 26.3 Å². The lowest BCUT2D eigenvalue weighted by Crippen LogP contribution is -2.15. The number of alkyl halides is 6. The Bertz CT molecular complexity index is 571. The molecular formula is C11H4F6N2. The van der Waals surface area contributed by atoms with E-state index >= 15 is 0 Å². The van der Waals surface area contributed by atoms with Gasteiger partial charge in [-0.05, 0) is 17.7 Å². The monoisotopic (exact) mass is 278 g/mol. The number of nitriles is 2. The van der Waals surface area contributed by atoms with E-state index in [0.29, 0.717) is 0 Å². The van der Waals surface area contributed by atoms with Gasteiger partial charge in [0, 0.05) is 0 Å². The second kappa shape index (κ2) is 4.81. The van der Waals surface area contributed by atoms with Crippen molar-refractivity contribution >= 4 is 0 Å². The van der Waals surface area contributed by atoms with Crippen molar-refractivity contribution in [2.45, 2.75) is 18.8 Å². The number of hydrogen-bond acceptors (Lipinski definition) is 2. The van der Waals surface area contributed by atoms with Gasteiger partial charge in [0.1, 0.15) is 0 Å². The van der Waals surface area contributed by atoms with Crippen molar-refractivity contribution in [3.05, 3.63) is 34.4 Å². The SMILES string of the molecule is N#CCc1cc(C(F)(F)F)c(C#N)cc1C(F)(F)F. The lowest BCUT2D eigenvalue weighted by molar-refractivity contribution is -0.142. The molecule has 0 saturated heterocycles. The summed E-state index contributed by atoms with van der Waals surface area (Å²) in [5, 5.41) is 16.9. The highest BCUT2D eigenvalue weighted by molar-refractivity contribution is 5.48. The van der Waals surface area contributed by atoms with Crippen LogP contribution in [0.15, 0.2) is 12.1 Å². The molecule has 19 heavy (non-hydrogen) atoms. The zero-order valence-electron chi connectivity index (χ0n) is 9.02. The molecule has 0 bridgehead atoms. The molecule has 0 fully saturated rings. The molecule has 2 nitrogen and oxygen atoms in total. The van der Waals surface area contributed by atoms with Gasteiger partial charge in [-0.15, -0.1) is 0 Å². The molecule has 100 valence electrons. The van der Waals surface area contributed by atoms with Crippen LogP contribution in [0, 0.1) is 22.7 Å². The summed E-state index contributed by atoms with van der Waals surface area (Å²) in [5.74, 6) is 0. The van der Waals surface area contributed by atoms with Crippen LogP contribution in [0.2, 0.25) is 0 Å². The zero-order valence-corrected chi connectivity index (χ0v) is 9.02. The average Bonchev–Trinajstić information content (AvgIpc) is 2.26. The minimum absolute atomic E-state index is 0.121. The fraction of sp³-hybridized carbons (Fsp3) is 0.273. The van der Waals surface area contributed by atoms with Gasteiger partial charge in [-0.3, -0.25) is 0 Å². The Hall–Kier alpha value is -2.22. The van der Waals surface area contributed by atoms with Crippen LogP contribution in [0.3, 0.4) is 0 Å². The summed E-state index contributed by atoms with van der Waals surface area (Å²) in [6, 6.07) is 2.76. The van der Waals surface area contributed by atoms with Crippen LogP contribution in [0.1, 0.15) is 22.3 Å². The molecule has 1 rings (SSSR count). The fourth-order valence-electron chi connectivity index (χ4n) is 1.47. The standard InChI is InChI=1S/C11H4F6N2/c12-10(13,14)8-4-7(5-19)9(11(15,16)17)3-6(8)1-2-18/h3-4H,1H2. The van der Waals surface area contributed by atoms with E-state index in [2.05, 4.69) is 0 Å². The fourth-order valence-corrected chi connectivity index (χ4v) is 1.47. The van der Waals surface area contributed by atoms with E-state index in [9.17, 15) is 26.3 Å². The van der Waals surface area contributed by atoms with Crippen molar-refractivity contribution in [3.8, 4) is 12.1 Å². The number of rotatable bonds is 1. The van der Waals surface area contributed by atoms with Crippen LogP contribution in [0.25, 0.3) is 0 Å². The molecule has 0 atom stereocenters. The number of halogens is 6. The van der Waals surface area contributed by atoms with Crippen molar-refractivity contribution in [2.24, 2.45) is 0 Å². The normalized spacial score (nSPS) is 11.8. The van der Waals surface area contributed by atoms with Crippen LogP contribution in [0.4, 0.5) is 26.3 Å². The smallest absolute Gasteiger partial charge is 0.198 e. The Labute approximate surface area is 103 Å². The Morgan fingerprint density at radius 3 is 1.79 bits per heavy atom. The van der Waals surface area contributed by atoms with Gasteiger partial charge in [0.05, 0.1) is 35.2 Å². The maximum atomic E-state index is 12.6. The third-order valence-corrected chi connectivity index (χ3v) is 2.24. The van der Waals surface area contributed by atoms with E-state index < -0.39 is 41.0 Å². The van der Waals surface area contributed by atoms with Crippen LogP contribution < -0.4 is 0 Å². The van der Waals surface area contributed by atoms with Gasteiger partial charge in [-0.25, -0.2) is 0 Å². The molecule has 8 heteroatoms. The Morgan fingerprint density at radius 2 is 1.42 bits per heavy atom. The predicted molar refractivity (Wildman–Crippen MR) is 50.5 cm³/mol. The molecule has 0 aromatic heterocycles. The zero-order chi connectivity index (χ0) is 14.8. The molecule has 0 amide bonds. The largest absolute Gasteiger partial charge is 0.417 e. The van der Waals surface area contributed by atoms with E-state index in [0.717, 1.165) is 6.07 Å². The molecule has 1 aromatic rings. The minimum atomic E-state index is -4.96. The second-order valence-electron chi connectivity index (χ2n) is 3.50. The van der Waals surface area contributed by atoms with Crippen molar-refractivity contribution in [1.29, 1.82) is 10.5 Å². The van der Waals surface area contributed by atoms with Crippen molar-refractivity contribution in [2.75, 3.05) is 0 Å². The van der Waals surface area contributed by atoms with Gasteiger partial charge in [-0.2, -0.15) is 36.9 Å². The molecule has 0 aliphatic rings. The highest BCUT2D eigenvalue weighted by atomic mass is 19.4. The molecule has 0 saturated carbocycles. The molecule has 0 N–H and O–H groups in total. The van der Waals surface area contributed by atoms with Gasteiger partial charge in [0.25, 0.3) is 0 Å². The minimum Gasteiger partial charge on any atom is -0.198 e. The van der Waals surface area contributed by atoms with Crippen LogP contribution >= 0.6 is 0 Å². The second-order valence-corrected chi connectivity index (χ2v) is 3.50. The molecule has 0 aliphatic heterocycles. The molecule has 1 aromatic carbocycles. The molecule has 0 aliphatic carbocycles. The van der Waals surface area contributed by atoms with E-state index in [-0.39, 0.29) is 12.1 Å². The van der Waals surface area contributed by atoms with E-state index in [1.807, 2.05) is 0 Å². The van der Waals surface area contributed by atoms with E-state index in [1.165, 1.54) is 6.07 Å². The van der Waals surface area contributed by atoms with Crippen LogP contribution in [-0.4, -0.2) is 0 Å². The summed E-state index contributed by atoms with van der Waals surface area (Å²) in [5.41, 5.74) is -4.81. The van der Waals surface area contributed by atoms with E-state index in [4.69, 9.17) is 10.5 Å². The number of hydrogen-bond donors (Lipinski definition) is 0. The summed E-state index contributed by atoms with van der Waals surface area (Å²) in [6.45, 7) is 0. The first-order chi connectivity index (χ1) is 8.61. The lowest BCUT2D eigenvalue weighted by atomic mass is 9.96. The third-order valence-electron chi connectivity index (χ3n) is 2.24. The summed E-state index contributed by atoms with van der Waals surface area (Å²) in [7, 11) is 0. The summed E-state index contributed by atoms with van der Waals surface area (Å²) in [4.78, 5) is 0. The average molecular weight is 278 g/mol.